The molecule has 78 valence electrons. The smallest absolute Gasteiger partial charge is 0.0325 e. The van der Waals surface area contributed by atoms with Crippen molar-refractivity contribution in [2.45, 2.75) is 44.5 Å². The number of rotatable bonds is 3. The Hall–Kier alpha value is 0.270. The predicted molar refractivity (Wildman–Crippen MR) is 61.6 cm³/mol. The van der Waals surface area contributed by atoms with E-state index in [1.807, 2.05) is 0 Å². The lowest BCUT2D eigenvalue weighted by Gasteiger charge is -2.40. The highest BCUT2D eigenvalue weighted by Crippen LogP contribution is 2.42. The highest BCUT2D eigenvalue weighted by molar-refractivity contribution is 8.15. The molecule has 2 rings (SSSR count). The minimum absolute atomic E-state index is 0.160. The van der Waals surface area contributed by atoms with Crippen molar-refractivity contribution in [3.05, 3.63) is 0 Å². The number of piperazine rings is 1. The molecule has 13 heavy (non-hydrogen) atoms. The van der Waals surface area contributed by atoms with Gasteiger partial charge in [-0.3, -0.25) is 4.31 Å². The average molecular weight is 202 g/mol. The minimum Gasteiger partial charge on any atom is -0.311 e. The number of nitrogens with one attached hydrogen (secondary N) is 1. The van der Waals surface area contributed by atoms with Gasteiger partial charge in [0.15, 0.2) is 0 Å². The zero-order valence-electron chi connectivity index (χ0n) is 8.95. The van der Waals surface area contributed by atoms with Crippen LogP contribution < -0.4 is 5.32 Å². The van der Waals surface area contributed by atoms with Crippen LogP contribution in [0, 0.1) is 0 Å². The standard InChI is InChI=1S/C10H22N2S/c1-4-13(8(2)3)12-7-9-5-10(12)6-11-9/h8-11,13H,4-7H2,1-3H3/t9?,10-/m1/s1. The van der Waals surface area contributed by atoms with E-state index in [0.29, 0.717) is 0 Å². The van der Waals surface area contributed by atoms with E-state index in [-0.39, 0.29) is 11.1 Å². The molecule has 2 saturated heterocycles. The fourth-order valence-corrected chi connectivity index (χ4v) is 5.39. The summed E-state index contributed by atoms with van der Waals surface area (Å²) >= 11 is 0.160. The molecular weight excluding hydrogens is 180 g/mol. The van der Waals surface area contributed by atoms with Gasteiger partial charge in [0.2, 0.25) is 0 Å². The van der Waals surface area contributed by atoms with Gasteiger partial charge in [0.25, 0.3) is 0 Å². The first kappa shape index (κ1) is 9.81. The Balaban J connectivity index is 2.00. The second-order valence-electron chi connectivity index (χ2n) is 4.47. The van der Waals surface area contributed by atoms with E-state index in [2.05, 4.69) is 30.4 Å². The van der Waals surface area contributed by atoms with Gasteiger partial charge < -0.3 is 5.32 Å². The third-order valence-corrected chi connectivity index (χ3v) is 6.27. The Bertz CT molecular complexity index is 184. The second kappa shape index (κ2) is 3.79. The van der Waals surface area contributed by atoms with Crippen LogP contribution in [0.25, 0.3) is 0 Å². The molecule has 0 aromatic carbocycles. The summed E-state index contributed by atoms with van der Waals surface area (Å²) in [6, 6.07) is 1.69. The van der Waals surface area contributed by atoms with Crippen molar-refractivity contribution in [1.29, 1.82) is 0 Å². The van der Waals surface area contributed by atoms with Crippen LogP contribution in [0.4, 0.5) is 0 Å². The maximum absolute atomic E-state index is 3.57. The highest BCUT2D eigenvalue weighted by Gasteiger charge is 2.39. The van der Waals surface area contributed by atoms with Crippen molar-refractivity contribution in [1.82, 2.24) is 9.62 Å². The molecule has 2 heterocycles. The summed E-state index contributed by atoms with van der Waals surface area (Å²) in [4.78, 5) is 0. The van der Waals surface area contributed by atoms with Crippen molar-refractivity contribution in [3.63, 3.8) is 0 Å². The summed E-state index contributed by atoms with van der Waals surface area (Å²) in [6.07, 6.45) is 1.41. The maximum atomic E-state index is 3.57. The average Bonchev–Trinajstić information content (AvgIpc) is 2.65. The normalized spacial score (nSPS) is 37.4. The summed E-state index contributed by atoms with van der Waals surface area (Å²) in [6.45, 7) is 9.69. The number of nitrogens with zero attached hydrogens (tertiary/aromatic N) is 1. The molecule has 0 radical (unpaired) electrons. The third-order valence-electron chi connectivity index (χ3n) is 3.28. The van der Waals surface area contributed by atoms with Crippen molar-refractivity contribution >= 4 is 11.1 Å². The molecule has 1 N–H and O–H groups in total. The van der Waals surface area contributed by atoms with Gasteiger partial charge in [0.05, 0.1) is 0 Å². The van der Waals surface area contributed by atoms with E-state index in [1.54, 1.807) is 0 Å². The Kier molecular flexibility index (Phi) is 2.86. The zero-order chi connectivity index (χ0) is 9.42. The van der Waals surface area contributed by atoms with E-state index in [4.69, 9.17) is 0 Å². The lowest BCUT2D eigenvalue weighted by molar-refractivity contribution is 0.378. The summed E-state index contributed by atoms with van der Waals surface area (Å²) in [5, 5.41) is 4.45. The number of thiol groups is 1. The highest BCUT2D eigenvalue weighted by atomic mass is 32.2. The first-order valence-electron chi connectivity index (χ1n) is 5.49. The number of fused-ring (bicyclic) bond motifs is 2. The minimum atomic E-state index is 0.160. The lowest BCUT2D eigenvalue weighted by atomic mass is 10.2. The monoisotopic (exact) mass is 202 g/mol. The van der Waals surface area contributed by atoms with Crippen LogP contribution in [0.15, 0.2) is 0 Å². The van der Waals surface area contributed by atoms with Crippen molar-refractivity contribution in [2.75, 3.05) is 18.8 Å². The first-order valence-corrected chi connectivity index (χ1v) is 7.03. The Labute approximate surface area is 84.5 Å². The Morgan fingerprint density at radius 1 is 1.54 bits per heavy atom. The van der Waals surface area contributed by atoms with Crippen molar-refractivity contribution < 1.29 is 0 Å². The molecule has 0 spiro atoms. The molecule has 0 amide bonds. The van der Waals surface area contributed by atoms with Gasteiger partial charge in [-0.15, -0.1) is 0 Å². The fourth-order valence-electron chi connectivity index (χ4n) is 2.70. The van der Waals surface area contributed by atoms with Crippen LogP contribution in [0.2, 0.25) is 0 Å². The van der Waals surface area contributed by atoms with Crippen LogP contribution in [0.1, 0.15) is 27.2 Å². The molecule has 3 atom stereocenters. The summed E-state index contributed by atoms with van der Waals surface area (Å²) < 4.78 is 2.81. The zero-order valence-corrected chi connectivity index (χ0v) is 9.85. The molecule has 3 heteroatoms. The Morgan fingerprint density at radius 3 is 2.69 bits per heavy atom. The molecule has 0 aromatic rings. The molecular formula is C10H22N2S. The van der Waals surface area contributed by atoms with Crippen molar-refractivity contribution in [3.8, 4) is 0 Å². The van der Waals surface area contributed by atoms with Crippen LogP contribution in [0.3, 0.4) is 0 Å². The quantitative estimate of drug-likeness (QED) is 0.672. The fraction of sp³-hybridized carbons (Fsp3) is 1.00. The van der Waals surface area contributed by atoms with E-state index < -0.39 is 0 Å². The summed E-state index contributed by atoms with van der Waals surface area (Å²) in [7, 11) is 0. The van der Waals surface area contributed by atoms with Gasteiger partial charge in [0, 0.05) is 25.2 Å². The maximum Gasteiger partial charge on any atom is 0.0325 e. The molecule has 0 aromatic heterocycles. The van der Waals surface area contributed by atoms with E-state index in [0.717, 1.165) is 17.3 Å². The van der Waals surface area contributed by atoms with Gasteiger partial charge in [0.1, 0.15) is 0 Å². The van der Waals surface area contributed by atoms with Crippen LogP contribution >= 0.6 is 11.1 Å². The topological polar surface area (TPSA) is 15.3 Å². The SMILES string of the molecule is CC[SH](C(C)C)N1CC2C[C@@H]1CN2. The van der Waals surface area contributed by atoms with Crippen LogP contribution in [-0.2, 0) is 0 Å². The molecule has 2 bridgehead atoms. The van der Waals surface area contributed by atoms with Gasteiger partial charge in [-0.1, -0.05) is 20.8 Å². The largest absolute Gasteiger partial charge is 0.311 e. The molecule has 0 aliphatic carbocycles. The van der Waals surface area contributed by atoms with Crippen LogP contribution in [-0.4, -0.2) is 40.5 Å². The molecule has 2 aliphatic rings. The molecule has 2 unspecified atom stereocenters. The van der Waals surface area contributed by atoms with E-state index in [9.17, 15) is 0 Å². The molecule has 2 fully saturated rings. The molecule has 2 aliphatic heterocycles. The van der Waals surface area contributed by atoms with Gasteiger partial charge >= 0.3 is 0 Å². The van der Waals surface area contributed by atoms with Gasteiger partial charge in [-0.05, 0) is 17.4 Å². The number of hydrogen-bond acceptors (Lipinski definition) is 2. The van der Waals surface area contributed by atoms with Crippen LogP contribution in [0.5, 0.6) is 0 Å². The second-order valence-corrected chi connectivity index (χ2v) is 7.52. The summed E-state index contributed by atoms with van der Waals surface area (Å²) in [5.41, 5.74) is 0. The van der Waals surface area contributed by atoms with Crippen molar-refractivity contribution in [2.24, 2.45) is 0 Å². The number of hydrogen-bond donors (Lipinski definition) is 2. The lowest BCUT2D eigenvalue weighted by Crippen LogP contribution is -2.43. The van der Waals surface area contributed by atoms with E-state index in [1.165, 1.54) is 25.3 Å². The summed E-state index contributed by atoms with van der Waals surface area (Å²) in [5.74, 6) is 1.37. The molecule has 0 saturated carbocycles. The first-order chi connectivity index (χ1) is 6.22. The van der Waals surface area contributed by atoms with Gasteiger partial charge in [-0.2, -0.15) is 11.1 Å². The molecule has 2 nitrogen and oxygen atoms in total. The third kappa shape index (κ3) is 1.74. The van der Waals surface area contributed by atoms with E-state index >= 15 is 0 Å². The predicted octanol–water partition coefficient (Wildman–Crippen LogP) is 1.38. The van der Waals surface area contributed by atoms with Gasteiger partial charge in [-0.25, -0.2) is 0 Å². The Morgan fingerprint density at radius 2 is 2.31 bits per heavy atom.